The number of hydrogen-bond donors (Lipinski definition) is 0. The normalized spacial score (nSPS) is 23.3. The quantitative estimate of drug-likeness (QED) is 0.168. The number of fused-ring (bicyclic) bond motifs is 6. The molecule has 0 spiro atoms. The molecule has 4 aliphatic rings. The second kappa shape index (κ2) is 13.7. The molecule has 4 aliphatic carbocycles. The number of nitriles is 2. The molecule has 4 heteroatoms. The van der Waals surface area contributed by atoms with E-state index in [9.17, 15) is 10.5 Å². The van der Waals surface area contributed by atoms with E-state index in [0.717, 1.165) is 38.5 Å². The first-order chi connectivity index (χ1) is 31.8. The summed E-state index contributed by atoms with van der Waals surface area (Å²) in [5.41, 5.74) is 14.1. The van der Waals surface area contributed by atoms with Gasteiger partial charge in [0.15, 0.2) is 0 Å². The standard InChI is InChI=1S/C61H46N4/c1-41-19-30-57-53(31-41)52-15-7-10-18-56(52)65(57)49-28-24-46(25-29-49)60-36-58(44-11-3-2-4-12-44)35-59(37-60,39-61(38-58,40-60)47-21-20-42(33-62)43(32-47)34-63)45-22-26-48(27-23-45)64-54-16-8-5-13-50(54)51-14-6-9-17-55(51)64/h2-32H,35-40H2,1H3. The minimum atomic E-state index is -0.237. The van der Waals surface area contributed by atoms with Crippen LogP contribution in [0.2, 0.25) is 0 Å². The lowest BCUT2D eigenvalue weighted by Gasteiger charge is -2.71. The van der Waals surface area contributed by atoms with Gasteiger partial charge in [-0.3, -0.25) is 0 Å². The van der Waals surface area contributed by atoms with Crippen LogP contribution in [-0.4, -0.2) is 9.13 Å². The Morgan fingerprint density at radius 1 is 0.354 bits per heavy atom. The molecule has 10 aromatic rings. The number of para-hydroxylation sites is 3. The molecule has 2 heterocycles. The van der Waals surface area contributed by atoms with Gasteiger partial charge >= 0.3 is 0 Å². The van der Waals surface area contributed by atoms with E-state index in [4.69, 9.17) is 0 Å². The maximum Gasteiger partial charge on any atom is 0.101 e. The number of benzene rings is 8. The van der Waals surface area contributed by atoms with Crippen LogP contribution in [0.1, 0.15) is 77.5 Å². The van der Waals surface area contributed by atoms with Gasteiger partial charge in [0.1, 0.15) is 12.1 Å². The summed E-state index contributed by atoms with van der Waals surface area (Å²) in [6.45, 7) is 2.17. The van der Waals surface area contributed by atoms with Crippen molar-refractivity contribution in [2.24, 2.45) is 0 Å². The maximum absolute atomic E-state index is 10.4. The van der Waals surface area contributed by atoms with E-state index < -0.39 is 0 Å². The molecular formula is C61H46N4. The molecule has 310 valence electrons. The van der Waals surface area contributed by atoms with Gasteiger partial charge in [0.2, 0.25) is 0 Å². The van der Waals surface area contributed by atoms with Crippen molar-refractivity contribution >= 4 is 43.6 Å². The Labute approximate surface area is 379 Å². The van der Waals surface area contributed by atoms with Crippen LogP contribution in [0.4, 0.5) is 0 Å². The Bertz CT molecular complexity index is 3600. The van der Waals surface area contributed by atoms with Crippen LogP contribution in [0.15, 0.2) is 188 Å². The zero-order valence-electron chi connectivity index (χ0n) is 36.4. The summed E-state index contributed by atoms with van der Waals surface area (Å²) >= 11 is 0. The van der Waals surface area contributed by atoms with Gasteiger partial charge in [0, 0.05) is 32.9 Å². The van der Waals surface area contributed by atoms with Crippen molar-refractivity contribution in [2.75, 3.05) is 0 Å². The number of nitrogens with zero attached hydrogens (tertiary/aromatic N) is 4. The van der Waals surface area contributed by atoms with E-state index in [1.165, 1.54) is 82.8 Å². The second-order valence-corrected chi connectivity index (χ2v) is 19.9. The number of aryl methyl sites for hydroxylation is 1. The second-order valence-electron chi connectivity index (χ2n) is 19.9. The Morgan fingerprint density at radius 2 is 0.738 bits per heavy atom. The van der Waals surface area contributed by atoms with E-state index in [0.29, 0.717) is 11.1 Å². The minimum absolute atomic E-state index is 0.119. The average Bonchev–Trinajstić information content (AvgIpc) is 3.86. The highest BCUT2D eigenvalue weighted by molar-refractivity contribution is 6.10. The molecule has 14 rings (SSSR count). The van der Waals surface area contributed by atoms with Gasteiger partial charge in [-0.05, 0) is 156 Å². The highest BCUT2D eigenvalue weighted by Crippen LogP contribution is 2.75. The van der Waals surface area contributed by atoms with Crippen LogP contribution in [0, 0.1) is 29.6 Å². The van der Waals surface area contributed by atoms with Gasteiger partial charge in [-0.1, -0.05) is 127 Å². The van der Waals surface area contributed by atoms with E-state index in [1.807, 2.05) is 6.07 Å². The maximum atomic E-state index is 10.4. The topological polar surface area (TPSA) is 57.4 Å². The van der Waals surface area contributed by atoms with Crippen LogP contribution in [0.3, 0.4) is 0 Å². The van der Waals surface area contributed by atoms with E-state index in [-0.39, 0.29) is 21.7 Å². The summed E-state index contributed by atoms with van der Waals surface area (Å²) in [5, 5.41) is 25.6. The first-order valence-electron chi connectivity index (χ1n) is 23.0. The Kier molecular flexibility index (Phi) is 7.96. The number of hydrogen-bond acceptors (Lipinski definition) is 2. The fourth-order valence-corrected chi connectivity index (χ4v) is 14.2. The molecular weight excluding hydrogens is 789 g/mol. The molecule has 65 heavy (non-hydrogen) atoms. The molecule has 0 saturated heterocycles. The first kappa shape index (κ1) is 37.9. The first-order valence-corrected chi connectivity index (χ1v) is 23.0. The van der Waals surface area contributed by atoms with Gasteiger partial charge in [0.05, 0.1) is 33.2 Å². The third-order valence-electron chi connectivity index (χ3n) is 16.2. The third kappa shape index (κ3) is 5.41. The van der Waals surface area contributed by atoms with Crippen LogP contribution in [0.25, 0.3) is 55.0 Å². The summed E-state index contributed by atoms with van der Waals surface area (Å²) < 4.78 is 4.85. The SMILES string of the molecule is Cc1ccc2c(c1)c1ccccc1n2-c1ccc(C23CC4(c5ccccc5)CC(c5ccc(-n6c7ccccc7c7ccccc76)cc5)(C2)CC(c2ccc(C#N)c(C#N)c2)(C4)C3)cc1. The van der Waals surface area contributed by atoms with Gasteiger partial charge in [0.25, 0.3) is 0 Å². The Balaban J connectivity index is 1.01. The zero-order chi connectivity index (χ0) is 43.5. The van der Waals surface area contributed by atoms with Gasteiger partial charge in [-0.2, -0.15) is 10.5 Å². The predicted octanol–water partition coefficient (Wildman–Crippen LogP) is 14.4. The smallest absolute Gasteiger partial charge is 0.101 e. The lowest BCUT2D eigenvalue weighted by atomic mass is 9.32. The fraction of sp³-hybridized carbons (Fsp3) is 0.180. The van der Waals surface area contributed by atoms with Crippen LogP contribution in [-0.2, 0) is 21.7 Å². The molecule has 4 saturated carbocycles. The van der Waals surface area contributed by atoms with Crippen molar-refractivity contribution in [3.8, 4) is 23.5 Å². The zero-order valence-corrected chi connectivity index (χ0v) is 36.4. The molecule has 4 unspecified atom stereocenters. The van der Waals surface area contributed by atoms with Crippen LogP contribution < -0.4 is 0 Å². The van der Waals surface area contributed by atoms with Gasteiger partial charge < -0.3 is 9.13 Å². The van der Waals surface area contributed by atoms with Crippen LogP contribution in [0.5, 0.6) is 0 Å². The molecule has 2 aromatic heterocycles. The van der Waals surface area contributed by atoms with Crippen molar-refractivity contribution in [2.45, 2.75) is 67.1 Å². The molecule has 0 aliphatic heterocycles. The van der Waals surface area contributed by atoms with E-state index in [1.54, 1.807) is 0 Å². The third-order valence-corrected chi connectivity index (χ3v) is 16.2. The summed E-state index contributed by atoms with van der Waals surface area (Å²) in [5.74, 6) is 0. The lowest BCUT2D eigenvalue weighted by molar-refractivity contribution is -0.0691. The Morgan fingerprint density at radius 3 is 1.22 bits per heavy atom. The summed E-state index contributed by atoms with van der Waals surface area (Å²) in [6, 6.07) is 74.5. The summed E-state index contributed by atoms with van der Waals surface area (Å²) in [7, 11) is 0. The number of aromatic nitrogens is 2. The Hall–Kier alpha value is -7.66. The monoisotopic (exact) mass is 834 g/mol. The molecule has 0 N–H and O–H groups in total. The van der Waals surface area contributed by atoms with E-state index >= 15 is 0 Å². The molecule has 4 bridgehead atoms. The molecule has 8 aromatic carbocycles. The minimum Gasteiger partial charge on any atom is -0.309 e. The molecule has 0 radical (unpaired) electrons. The highest BCUT2D eigenvalue weighted by Gasteiger charge is 2.69. The van der Waals surface area contributed by atoms with Crippen molar-refractivity contribution in [3.05, 3.63) is 227 Å². The molecule has 4 nitrogen and oxygen atoms in total. The van der Waals surface area contributed by atoms with Crippen LogP contribution >= 0.6 is 0 Å². The fourth-order valence-electron chi connectivity index (χ4n) is 14.2. The number of rotatable bonds is 6. The van der Waals surface area contributed by atoms with Gasteiger partial charge in [-0.15, -0.1) is 0 Å². The van der Waals surface area contributed by atoms with Crippen molar-refractivity contribution in [1.29, 1.82) is 10.5 Å². The van der Waals surface area contributed by atoms with E-state index in [2.05, 4.69) is 210 Å². The van der Waals surface area contributed by atoms with Crippen molar-refractivity contribution in [3.63, 3.8) is 0 Å². The average molecular weight is 835 g/mol. The largest absolute Gasteiger partial charge is 0.309 e. The van der Waals surface area contributed by atoms with Crippen molar-refractivity contribution < 1.29 is 0 Å². The summed E-state index contributed by atoms with van der Waals surface area (Å²) in [6.07, 6.45) is 6.13. The molecule has 4 atom stereocenters. The highest BCUT2D eigenvalue weighted by atomic mass is 15.0. The molecule has 4 fully saturated rings. The summed E-state index contributed by atoms with van der Waals surface area (Å²) in [4.78, 5) is 0. The molecule has 0 amide bonds. The predicted molar refractivity (Wildman–Crippen MR) is 263 cm³/mol. The van der Waals surface area contributed by atoms with Crippen molar-refractivity contribution in [1.82, 2.24) is 9.13 Å². The van der Waals surface area contributed by atoms with Gasteiger partial charge in [-0.25, -0.2) is 0 Å². The lowest BCUT2D eigenvalue weighted by Crippen LogP contribution is -2.67.